The first-order valence-corrected chi connectivity index (χ1v) is 9.36. The van der Waals surface area contributed by atoms with Crippen LogP contribution in [0.5, 0.6) is 0 Å². The van der Waals surface area contributed by atoms with Crippen LogP contribution >= 0.6 is 0 Å². The molecule has 0 amide bonds. The summed E-state index contributed by atoms with van der Waals surface area (Å²) >= 11 is 0. The van der Waals surface area contributed by atoms with E-state index >= 15 is 0 Å². The second kappa shape index (κ2) is 4.92. The molecule has 22 heavy (non-hydrogen) atoms. The maximum atomic E-state index is 14.2. The first-order valence-electron chi connectivity index (χ1n) is 9.36. The molecule has 0 aromatic heterocycles. The van der Waals surface area contributed by atoms with E-state index in [0.717, 1.165) is 32.1 Å². The molecule has 2 N–H and O–H groups in total. The van der Waals surface area contributed by atoms with Crippen LogP contribution in [0.3, 0.4) is 0 Å². The number of fused-ring (bicyclic) bond motifs is 5. The molecule has 0 spiro atoms. The summed E-state index contributed by atoms with van der Waals surface area (Å²) in [6.07, 6.45) is 6.22. The Kier molecular flexibility index (Phi) is 3.44. The summed E-state index contributed by atoms with van der Waals surface area (Å²) in [7, 11) is 0. The van der Waals surface area contributed by atoms with Gasteiger partial charge >= 0.3 is 0 Å². The molecule has 0 aromatic rings. The number of hydrogen-bond acceptors (Lipinski definition) is 2. The van der Waals surface area contributed by atoms with Gasteiger partial charge in [0.1, 0.15) is 6.17 Å². The molecule has 4 rings (SSSR count). The zero-order valence-electron chi connectivity index (χ0n) is 14.0. The molecule has 0 heterocycles. The third-order valence-electron chi connectivity index (χ3n) is 8.57. The first kappa shape index (κ1) is 15.4. The number of alkyl halides is 1. The van der Waals surface area contributed by atoms with Crippen molar-refractivity contribution in [2.45, 2.75) is 83.6 Å². The van der Waals surface area contributed by atoms with Gasteiger partial charge < -0.3 is 10.2 Å². The van der Waals surface area contributed by atoms with Crippen LogP contribution in [0.4, 0.5) is 4.39 Å². The van der Waals surface area contributed by atoms with E-state index in [1.54, 1.807) is 0 Å². The van der Waals surface area contributed by atoms with Crippen molar-refractivity contribution in [3.8, 4) is 0 Å². The standard InChI is InChI=1S/C19H31FO2/c1-18-7-5-12(21)9-11(18)3-4-13-14(18)6-8-19(2)15(13)10-16(20)17(19)22/h11-17,21-22H,3-10H2,1-2H3/t11-,12-,13+,14-,15-,16+,17-,18-,19-/m0/s1. The average Bonchev–Trinajstić information content (AvgIpc) is 2.72. The molecule has 0 unspecified atom stereocenters. The van der Waals surface area contributed by atoms with Crippen molar-refractivity contribution in [2.24, 2.45) is 34.5 Å². The van der Waals surface area contributed by atoms with Crippen molar-refractivity contribution in [3.05, 3.63) is 0 Å². The minimum atomic E-state index is -1.02. The molecule has 4 aliphatic carbocycles. The van der Waals surface area contributed by atoms with E-state index in [1.165, 1.54) is 12.8 Å². The Balaban J connectivity index is 1.63. The van der Waals surface area contributed by atoms with Gasteiger partial charge in [0, 0.05) is 0 Å². The second-order valence-electron chi connectivity index (χ2n) is 9.33. The van der Waals surface area contributed by atoms with Crippen molar-refractivity contribution < 1.29 is 14.6 Å². The molecule has 4 saturated carbocycles. The molecule has 4 aliphatic rings. The van der Waals surface area contributed by atoms with E-state index in [0.29, 0.717) is 35.5 Å². The molecule has 3 heteroatoms. The highest BCUT2D eigenvalue weighted by Gasteiger charge is 2.62. The van der Waals surface area contributed by atoms with Crippen LogP contribution in [0.15, 0.2) is 0 Å². The molecule has 0 saturated heterocycles. The Bertz CT molecular complexity index is 455. The Morgan fingerprint density at radius 2 is 1.59 bits per heavy atom. The van der Waals surface area contributed by atoms with Gasteiger partial charge in [-0.3, -0.25) is 0 Å². The molecule has 126 valence electrons. The van der Waals surface area contributed by atoms with Crippen LogP contribution in [-0.4, -0.2) is 28.6 Å². The lowest BCUT2D eigenvalue weighted by atomic mass is 9.45. The average molecular weight is 310 g/mol. The highest BCUT2D eigenvalue weighted by molar-refractivity contribution is 5.11. The molecule has 4 fully saturated rings. The summed E-state index contributed by atoms with van der Waals surface area (Å²) in [5.74, 6) is 2.27. The van der Waals surface area contributed by atoms with Crippen LogP contribution in [0.2, 0.25) is 0 Å². The normalized spacial score (nSPS) is 61.2. The summed E-state index contributed by atoms with van der Waals surface area (Å²) < 4.78 is 14.2. The molecule has 9 atom stereocenters. The molecule has 0 bridgehead atoms. The number of hydrogen-bond donors (Lipinski definition) is 2. The molecular weight excluding hydrogens is 279 g/mol. The minimum absolute atomic E-state index is 0.105. The maximum absolute atomic E-state index is 14.2. The molecule has 2 nitrogen and oxygen atoms in total. The highest BCUT2D eigenvalue weighted by atomic mass is 19.1. The monoisotopic (exact) mass is 310 g/mol. The topological polar surface area (TPSA) is 40.5 Å². The van der Waals surface area contributed by atoms with Crippen molar-refractivity contribution in [3.63, 3.8) is 0 Å². The van der Waals surface area contributed by atoms with E-state index in [2.05, 4.69) is 13.8 Å². The van der Waals surface area contributed by atoms with Crippen LogP contribution < -0.4 is 0 Å². The van der Waals surface area contributed by atoms with Crippen molar-refractivity contribution in [1.29, 1.82) is 0 Å². The van der Waals surface area contributed by atoms with Crippen LogP contribution in [-0.2, 0) is 0 Å². The van der Waals surface area contributed by atoms with Gasteiger partial charge in [0.05, 0.1) is 12.2 Å². The number of rotatable bonds is 0. The predicted octanol–water partition coefficient (Wildman–Crippen LogP) is 3.70. The second-order valence-corrected chi connectivity index (χ2v) is 9.33. The third-order valence-corrected chi connectivity index (χ3v) is 8.57. The molecule has 0 radical (unpaired) electrons. The van der Waals surface area contributed by atoms with Gasteiger partial charge in [0.15, 0.2) is 0 Å². The Hall–Kier alpha value is -0.150. The molecule has 0 aromatic carbocycles. The van der Waals surface area contributed by atoms with Gasteiger partial charge in [0.2, 0.25) is 0 Å². The van der Waals surface area contributed by atoms with Gasteiger partial charge in [-0.25, -0.2) is 4.39 Å². The SMILES string of the molecule is C[C@]12CC[C@H](O)C[C@@H]1CC[C@@H]1[C@@H]2CC[C@]2(C)[C@@H](O)[C@H](F)C[C@@H]12. The zero-order valence-corrected chi connectivity index (χ0v) is 14.0. The summed E-state index contributed by atoms with van der Waals surface area (Å²) in [5.41, 5.74) is 0.140. The summed E-state index contributed by atoms with van der Waals surface area (Å²) in [6, 6.07) is 0. The summed E-state index contributed by atoms with van der Waals surface area (Å²) in [4.78, 5) is 0. The van der Waals surface area contributed by atoms with Gasteiger partial charge in [0.25, 0.3) is 0 Å². The van der Waals surface area contributed by atoms with Gasteiger partial charge in [-0.05, 0) is 85.9 Å². The van der Waals surface area contributed by atoms with E-state index in [-0.39, 0.29) is 11.5 Å². The summed E-state index contributed by atoms with van der Waals surface area (Å²) in [6.45, 7) is 4.58. The van der Waals surface area contributed by atoms with Crippen LogP contribution in [0.1, 0.15) is 65.2 Å². The van der Waals surface area contributed by atoms with Crippen molar-refractivity contribution in [2.75, 3.05) is 0 Å². The zero-order chi connectivity index (χ0) is 15.7. The third kappa shape index (κ3) is 1.90. The van der Waals surface area contributed by atoms with Gasteiger partial charge in [-0.1, -0.05) is 13.8 Å². The predicted molar refractivity (Wildman–Crippen MR) is 84.0 cm³/mol. The quantitative estimate of drug-likeness (QED) is 0.716. The van der Waals surface area contributed by atoms with E-state index in [9.17, 15) is 14.6 Å². The van der Waals surface area contributed by atoms with Crippen LogP contribution in [0.25, 0.3) is 0 Å². The van der Waals surface area contributed by atoms with Crippen molar-refractivity contribution in [1.82, 2.24) is 0 Å². The number of halogens is 1. The lowest BCUT2D eigenvalue weighted by Gasteiger charge is -2.60. The lowest BCUT2D eigenvalue weighted by Crippen LogP contribution is -2.54. The fraction of sp³-hybridized carbons (Fsp3) is 1.00. The fourth-order valence-corrected chi connectivity index (χ4v) is 7.18. The van der Waals surface area contributed by atoms with Crippen LogP contribution in [0, 0.1) is 34.5 Å². The van der Waals surface area contributed by atoms with Gasteiger partial charge in [-0.2, -0.15) is 0 Å². The molecular formula is C19H31FO2. The van der Waals surface area contributed by atoms with Gasteiger partial charge in [-0.15, -0.1) is 0 Å². The molecule has 0 aliphatic heterocycles. The first-order chi connectivity index (χ1) is 10.4. The largest absolute Gasteiger partial charge is 0.393 e. The summed E-state index contributed by atoms with van der Waals surface area (Å²) in [5, 5.41) is 20.4. The van der Waals surface area contributed by atoms with E-state index < -0.39 is 12.3 Å². The number of aliphatic hydroxyl groups is 2. The lowest BCUT2D eigenvalue weighted by molar-refractivity contribution is -0.134. The Morgan fingerprint density at radius 3 is 2.36 bits per heavy atom. The highest BCUT2D eigenvalue weighted by Crippen LogP contribution is 2.66. The number of aliphatic hydroxyl groups excluding tert-OH is 2. The Labute approximate surface area is 133 Å². The van der Waals surface area contributed by atoms with Crippen molar-refractivity contribution >= 4 is 0 Å². The van der Waals surface area contributed by atoms with E-state index in [4.69, 9.17) is 0 Å². The minimum Gasteiger partial charge on any atom is -0.393 e. The fourth-order valence-electron chi connectivity index (χ4n) is 7.18. The Morgan fingerprint density at radius 1 is 0.864 bits per heavy atom. The maximum Gasteiger partial charge on any atom is 0.127 e. The smallest absolute Gasteiger partial charge is 0.127 e. The van der Waals surface area contributed by atoms with E-state index in [1.807, 2.05) is 0 Å².